The van der Waals surface area contributed by atoms with Gasteiger partial charge in [-0.3, -0.25) is 4.90 Å². The van der Waals surface area contributed by atoms with E-state index in [1.807, 2.05) is 0 Å². The SMILES string of the molecule is CCc1ccc(-c2noc(CN3CCCC3c3ccccc3)n2)cc1. The van der Waals surface area contributed by atoms with Crippen LogP contribution in [0.2, 0.25) is 0 Å². The van der Waals surface area contributed by atoms with Crippen molar-refractivity contribution < 1.29 is 4.52 Å². The zero-order chi connectivity index (χ0) is 17.1. The van der Waals surface area contributed by atoms with Crippen LogP contribution in [0.15, 0.2) is 59.1 Å². The standard InChI is InChI=1S/C21H23N3O/c1-2-16-10-12-18(13-11-16)21-22-20(25-23-21)15-24-14-6-9-19(24)17-7-4-3-5-8-17/h3-5,7-8,10-13,19H,2,6,9,14-15H2,1H3. The number of benzene rings is 2. The second-order valence-electron chi connectivity index (χ2n) is 6.60. The third-order valence-electron chi connectivity index (χ3n) is 4.97. The average Bonchev–Trinajstić information content (AvgIpc) is 3.33. The molecule has 0 amide bonds. The molecule has 1 atom stereocenters. The average molecular weight is 333 g/mol. The number of hydrogen-bond acceptors (Lipinski definition) is 4. The van der Waals surface area contributed by atoms with Crippen molar-refractivity contribution in [2.75, 3.05) is 6.54 Å². The lowest BCUT2D eigenvalue weighted by molar-refractivity contribution is 0.212. The molecule has 0 spiro atoms. The molecule has 1 aliphatic heterocycles. The lowest BCUT2D eigenvalue weighted by atomic mass is 10.0. The minimum absolute atomic E-state index is 0.445. The predicted octanol–water partition coefficient (Wildman–Crippen LogP) is 4.64. The second-order valence-corrected chi connectivity index (χ2v) is 6.60. The van der Waals surface area contributed by atoms with Gasteiger partial charge in [0.1, 0.15) is 0 Å². The lowest BCUT2D eigenvalue weighted by Gasteiger charge is -2.22. The molecular formula is C21H23N3O. The molecule has 1 unspecified atom stereocenters. The van der Waals surface area contributed by atoms with Crippen molar-refractivity contribution in [2.45, 2.75) is 38.8 Å². The Labute approximate surface area is 148 Å². The number of aryl methyl sites for hydroxylation is 1. The van der Waals surface area contributed by atoms with Crippen molar-refractivity contribution in [2.24, 2.45) is 0 Å². The summed E-state index contributed by atoms with van der Waals surface area (Å²) >= 11 is 0. The molecule has 1 aromatic heterocycles. The van der Waals surface area contributed by atoms with E-state index in [0.29, 0.717) is 24.3 Å². The highest BCUT2D eigenvalue weighted by molar-refractivity contribution is 5.54. The van der Waals surface area contributed by atoms with Crippen LogP contribution in [0.25, 0.3) is 11.4 Å². The minimum Gasteiger partial charge on any atom is -0.338 e. The van der Waals surface area contributed by atoms with Crippen molar-refractivity contribution in [1.82, 2.24) is 15.0 Å². The van der Waals surface area contributed by atoms with E-state index in [4.69, 9.17) is 4.52 Å². The van der Waals surface area contributed by atoms with Crippen LogP contribution >= 0.6 is 0 Å². The molecule has 4 heteroatoms. The summed E-state index contributed by atoms with van der Waals surface area (Å²) in [6, 6.07) is 19.5. The predicted molar refractivity (Wildman–Crippen MR) is 97.9 cm³/mol. The smallest absolute Gasteiger partial charge is 0.241 e. The Morgan fingerprint density at radius 1 is 1.08 bits per heavy atom. The number of aromatic nitrogens is 2. The van der Waals surface area contributed by atoms with Crippen LogP contribution in [0.5, 0.6) is 0 Å². The van der Waals surface area contributed by atoms with E-state index in [2.05, 4.69) is 76.6 Å². The van der Waals surface area contributed by atoms with Gasteiger partial charge in [0, 0.05) is 11.6 Å². The monoisotopic (exact) mass is 333 g/mol. The molecule has 0 radical (unpaired) electrons. The van der Waals surface area contributed by atoms with E-state index in [1.54, 1.807) is 0 Å². The summed E-state index contributed by atoms with van der Waals surface area (Å²) in [5.41, 5.74) is 3.69. The topological polar surface area (TPSA) is 42.2 Å². The molecule has 0 bridgehead atoms. The van der Waals surface area contributed by atoms with E-state index in [-0.39, 0.29) is 0 Å². The molecular weight excluding hydrogens is 310 g/mol. The molecule has 1 fully saturated rings. The summed E-state index contributed by atoms with van der Waals surface area (Å²) in [6.07, 6.45) is 3.43. The molecule has 128 valence electrons. The van der Waals surface area contributed by atoms with Gasteiger partial charge in [-0.15, -0.1) is 0 Å². The van der Waals surface area contributed by atoms with Crippen molar-refractivity contribution >= 4 is 0 Å². The molecule has 0 saturated carbocycles. The number of likely N-dealkylation sites (tertiary alicyclic amines) is 1. The summed E-state index contributed by atoms with van der Waals surface area (Å²) in [5, 5.41) is 4.17. The normalized spacial score (nSPS) is 17.9. The fourth-order valence-electron chi connectivity index (χ4n) is 3.57. The molecule has 2 aromatic carbocycles. The second kappa shape index (κ2) is 7.19. The quantitative estimate of drug-likeness (QED) is 0.682. The Balaban J connectivity index is 1.48. The first-order valence-corrected chi connectivity index (χ1v) is 9.04. The van der Waals surface area contributed by atoms with Crippen molar-refractivity contribution in [3.8, 4) is 11.4 Å². The van der Waals surface area contributed by atoms with Gasteiger partial charge in [-0.05, 0) is 36.9 Å². The maximum atomic E-state index is 5.52. The van der Waals surface area contributed by atoms with E-state index in [9.17, 15) is 0 Å². The van der Waals surface area contributed by atoms with E-state index < -0.39 is 0 Å². The first kappa shape index (κ1) is 16.0. The van der Waals surface area contributed by atoms with Gasteiger partial charge in [0.05, 0.1) is 6.54 Å². The van der Waals surface area contributed by atoms with Crippen molar-refractivity contribution in [1.29, 1.82) is 0 Å². The van der Waals surface area contributed by atoms with Gasteiger partial charge in [-0.2, -0.15) is 4.98 Å². The highest BCUT2D eigenvalue weighted by Gasteiger charge is 2.27. The van der Waals surface area contributed by atoms with Crippen LogP contribution in [0.4, 0.5) is 0 Å². The van der Waals surface area contributed by atoms with Gasteiger partial charge < -0.3 is 4.52 Å². The van der Waals surface area contributed by atoms with Crippen molar-refractivity contribution in [3.05, 3.63) is 71.6 Å². The van der Waals surface area contributed by atoms with Crippen molar-refractivity contribution in [3.63, 3.8) is 0 Å². The Kier molecular flexibility index (Phi) is 4.61. The molecule has 25 heavy (non-hydrogen) atoms. The summed E-state index contributed by atoms with van der Waals surface area (Å²) in [7, 11) is 0. The minimum atomic E-state index is 0.445. The van der Waals surface area contributed by atoms with Gasteiger partial charge in [-0.1, -0.05) is 66.7 Å². The number of rotatable bonds is 5. The maximum absolute atomic E-state index is 5.52. The summed E-state index contributed by atoms with van der Waals surface area (Å²) < 4.78 is 5.52. The number of nitrogens with zero attached hydrogens (tertiary/aromatic N) is 3. The molecule has 1 saturated heterocycles. The van der Waals surface area contributed by atoms with Crippen LogP contribution in [0, 0.1) is 0 Å². The lowest BCUT2D eigenvalue weighted by Crippen LogP contribution is -2.22. The molecule has 0 aliphatic carbocycles. The van der Waals surface area contributed by atoms with Crippen LogP contribution in [0.1, 0.15) is 42.8 Å². The highest BCUT2D eigenvalue weighted by Crippen LogP contribution is 2.33. The zero-order valence-electron chi connectivity index (χ0n) is 14.6. The summed E-state index contributed by atoms with van der Waals surface area (Å²) in [6.45, 7) is 3.93. The fraction of sp³-hybridized carbons (Fsp3) is 0.333. The Morgan fingerprint density at radius 2 is 1.88 bits per heavy atom. The first-order chi connectivity index (χ1) is 12.3. The van der Waals surface area contributed by atoms with Crippen LogP contribution in [0.3, 0.4) is 0 Å². The molecule has 2 heterocycles. The first-order valence-electron chi connectivity index (χ1n) is 9.04. The van der Waals surface area contributed by atoms with E-state index in [0.717, 1.165) is 18.5 Å². The molecule has 1 aliphatic rings. The van der Waals surface area contributed by atoms with Gasteiger partial charge in [-0.25, -0.2) is 0 Å². The fourth-order valence-corrected chi connectivity index (χ4v) is 3.57. The third-order valence-corrected chi connectivity index (χ3v) is 4.97. The Morgan fingerprint density at radius 3 is 2.64 bits per heavy atom. The van der Waals surface area contributed by atoms with Gasteiger partial charge in [0.15, 0.2) is 0 Å². The van der Waals surface area contributed by atoms with Gasteiger partial charge in [0.25, 0.3) is 0 Å². The van der Waals surface area contributed by atoms with Crippen LogP contribution < -0.4 is 0 Å². The van der Waals surface area contributed by atoms with Gasteiger partial charge in [0.2, 0.25) is 11.7 Å². The van der Waals surface area contributed by atoms with Crippen LogP contribution in [-0.2, 0) is 13.0 Å². The summed E-state index contributed by atoms with van der Waals surface area (Å²) in [5.74, 6) is 1.37. The molecule has 4 nitrogen and oxygen atoms in total. The largest absolute Gasteiger partial charge is 0.338 e. The highest BCUT2D eigenvalue weighted by atomic mass is 16.5. The maximum Gasteiger partial charge on any atom is 0.241 e. The Hall–Kier alpha value is -2.46. The summed E-state index contributed by atoms with van der Waals surface area (Å²) in [4.78, 5) is 7.05. The van der Waals surface area contributed by atoms with E-state index in [1.165, 1.54) is 24.0 Å². The zero-order valence-corrected chi connectivity index (χ0v) is 14.6. The Bertz CT molecular complexity index is 811. The molecule has 0 N–H and O–H groups in total. The van der Waals surface area contributed by atoms with Crippen LogP contribution in [-0.4, -0.2) is 21.6 Å². The van der Waals surface area contributed by atoms with Gasteiger partial charge >= 0.3 is 0 Å². The third kappa shape index (κ3) is 3.49. The van der Waals surface area contributed by atoms with E-state index >= 15 is 0 Å². The molecule has 3 aromatic rings. The molecule has 4 rings (SSSR count). The number of hydrogen-bond donors (Lipinski definition) is 0.